The van der Waals surface area contributed by atoms with Crippen LogP contribution in [0.5, 0.6) is 5.75 Å². The fraction of sp³-hybridized carbons (Fsp3) is 0.208. The molecule has 4 heteroatoms. The highest BCUT2D eigenvalue weighted by molar-refractivity contribution is 6.01. The van der Waals surface area contributed by atoms with E-state index in [2.05, 4.69) is 66.5 Å². The minimum absolute atomic E-state index is 0.387. The second kappa shape index (κ2) is 8.61. The Hall–Kier alpha value is -3.27. The zero-order chi connectivity index (χ0) is 20.1. The SMILES string of the molecule is C=CCO/N=C(\C)c1cc(-c2cccc(OC)c2)n(-c2ccc(C)cc2)c1C. The molecule has 0 aliphatic carbocycles. The lowest BCUT2D eigenvalue weighted by molar-refractivity contribution is 0.175. The lowest BCUT2D eigenvalue weighted by Gasteiger charge is -2.13. The molecule has 0 fully saturated rings. The van der Waals surface area contributed by atoms with Crippen molar-refractivity contribution in [1.29, 1.82) is 0 Å². The smallest absolute Gasteiger partial charge is 0.135 e. The molecule has 1 heterocycles. The number of ether oxygens (including phenoxy) is 1. The van der Waals surface area contributed by atoms with E-state index in [0.717, 1.165) is 39.7 Å². The first kappa shape index (κ1) is 19.5. The maximum atomic E-state index is 5.43. The van der Waals surface area contributed by atoms with Gasteiger partial charge in [0.05, 0.1) is 18.5 Å². The summed E-state index contributed by atoms with van der Waals surface area (Å²) in [6.07, 6.45) is 1.68. The first-order valence-corrected chi connectivity index (χ1v) is 9.26. The van der Waals surface area contributed by atoms with Gasteiger partial charge in [-0.2, -0.15) is 0 Å². The molecule has 0 spiro atoms. The van der Waals surface area contributed by atoms with E-state index in [1.165, 1.54) is 5.56 Å². The summed E-state index contributed by atoms with van der Waals surface area (Å²) >= 11 is 0. The first-order valence-electron chi connectivity index (χ1n) is 9.26. The molecule has 0 bridgehead atoms. The Morgan fingerprint density at radius 2 is 1.86 bits per heavy atom. The van der Waals surface area contributed by atoms with Gasteiger partial charge in [0, 0.05) is 22.5 Å². The number of aromatic nitrogens is 1. The number of methoxy groups -OCH3 is 1. The zero-order valence-corrected chi connectivity index (χ0v) is 16.9. The van der Waals surface area contributed by atoms with Gasteiger partial charge in [0.2, 0.25) is 0 Å². The molecule has 2 aromatic carbocycles. The van der Waals surface area contributed by atoms with Crippen molar-refractivity contribution in [2.75, 3.05) is 13.7 Å². The maximum Gasteiger partial charge on any atom is 0.135 e. The standard InChI is InChI=1S/C24H26N2O2/c1-6-14-28-25-18(3)23-16-24(20-8-7-9-22(15-20)27-5)26(19(23)4)21-12-10-17(2)11-13-21/h6-13,15-16H,1,14H2,2-5H3/b25-18+. The quantitative estimate of drug-likeness (QED) is 0.230. The van der Waals surface area contributed by atoms with Crippen LogP contribution in [0.4, 0.5) is 0 Å². The number of rotatable bonds is 7. The fourth-order valence-electron chi connectivity index (χ4n) is 3.23. The summed E-state index contributed by atoms with van der Waals surface area (Å²) in [6.45, 7) is 10.2. The average molecular weight is 374 g/mol. The van der Waals surface area contributed by atoms with Crippen molar-refractivity contribution < 1.29 is 9.57 Å². The molecule has 0 saturated heterocycles. The van der Waals surface area contributed by atoms with Gasteiger partial charge in [0.1, 0.15) is 12.4 Å². The van der Waals surface area contributed by atoms with Crippen molar-refractivity contribution in [3.63, 3.8) is 0 Å². The van der Waals surface area contributed by atoms with Crippen molar-refractivity contribution in [1.82, 2.24) is 4.57 Å². The van der Waals surface area contributed by atoms with Gasteiger partial charge in [-0.3, -0.25) is 0 Å². The first-order chi connectivity index (χ1) is 13.5. The predicted molar refractivity (Wildman–Crippen MR) is 116 cm³/mol. The van der Waals surface area contributed by atoms with Crippen LogP contribution >= 0.6 is 0 Å². The second-order valence-electron chi connectivity index (χ2n) is 6.69. The van der Waals surface area contributed by atoms with Crippen LogP contribution in [-0.4, -0.2) is 24.0 Å². The molecule has 0 aliphatic rings. The largest absolute Gasteiger partial charge is 0.497 e. The van der Waals surface area contributed by atoms with Crippen molar-refractivity contribution in [3.05, 3.63) is 84.1 Å². The molecular weight excluding hydrogens is 348 g/mol. The molecule has 1 aromatic heterocycles. The monoisotopic (exact) mass is 374 g/mol. The van der Waals surface area contributed by atoms with Crippen molar-refractivity contribution >= 4 is 5.71 Å². The molecule has 0 atom stereocenters. The van der Waals surface area contributed by atoms with Crippen LogP contribution in [0.15, 0.2) is 72.4 Å². The average Bonchev–Trinajstić information content (AvgIpc) is 3.06. The van der Waals surface area contributed by atoms with Crippen LogP contribution in [0.3, 0.4) is 0 Å². The fourth-order valence-corrected chi connectivity index (χ4v) is 3.23. The summed E-state index contributed by atoms with van der Waals surface area (Å²) in [5, 5.41) is 4.24. The van der Waals surface area contributed by atoms with Gasteiger partial charge in [-0.1, -0.05) is 47.6 Å². The van der Waals surface area contributed by atoms with Crippen LogP contribution in [0.1, 0.15) is 23.7 Å². The van der Waals surface area contributed by atoms with E-state index in [9.17, 15) is 0 Å². The highest BCUT2D eigenvalue weighted by atomic mass is 16.6. The number of oxime groups is 1. The maximum absolute atomic E-state index is 5.43. The minimum atomic E-state index is 0.387. The third kappa shape index (κ3) is 4.01. The van der Waals surface area contributed by atoms with Gasteiger partial charge in [0.25, 0.3) is 0 Å². The third-order valence-corrected chi connectivity index (χ3v) is 4.69. The second-order valence-corrected chi connectivity index (χ2v) is 6.69. The number of aryl methyl sites for hydroxylation is 1. The van der Waals surface area contributed by atoms with Crippen LogP contribution < -0.4 is 4.74 Å². The minimum Gasteiger partial charge on any atom is -0.497 e. The third-order valence-electron chi connectivity index (χ3n) is 4.69. The normalized spacial score (nSPS) is 11.4. The Morgan fingerprint density at radius 3 is 2.54 bits per heavy atom. The van der Waals surface area contributed by atoms with Crippen LogP contribution in [-0.2, 0) is 4.84 Å². The molecule has 3 aromatic rings. The molecular formula is C24H26N2O2. The van der Waals surface area contributed by atoms with E-state index in [1.54, 1.807) is 13.2 Å². The summed E-state index contributed by atoms with van der Waals surface area (Å²) in [4.78, 5) is 5.31. The number of hydrogen-bond donors (Lipinski definition) is 0. The van der Waals surface area contributed by atoms with E-state index in [0.29, 0.717) is 6.61 Å². The summed E-state index contributed by atoms with van der Waals surface area (Å²) in [7, 11) is 1.68. The van der Waals surface area contributed by atoms with Crippen LogP contribution in [0.25, 0.3) is 16.9 Å². The van der Waals surface area contributed by atoms with Crippen LogP contribution in [0.2, 0.25) is 0 Å². The predicted octanol–water partition coefficient (Wildman–Crippen LogP) is 5.70. The molecule has 28 heavy (non-hydrogen) atoms. The summed E-state index contributed by atoms with van der Waals surface area (Å²) in [6, 6.07) is 18.8. The van der Waals surface area contributed by atoms with Crippen molar-refractivity contribution in [2.24, 2.45) is 5.16 Å². The number of hydrogen-bond acceptors (Lipinski definition) is 3. The molecule has 0 amide bonds. The molecule has 144 valence electrons. The zero-order valence-electron chi connectivity index (χ0n) is 16.9. The van der Waals surface area contributed by atoms with E-state index in [4.69, 9.17) is 9.57 Å². The number of nitrogens with zero attached hydrogens (tertiary/aromatic N) is 2. The lowest BCUT2D eigenvalue weighted by Crippen LogP contribution is -2.02. The van der Waals surface area contributed by atoms with Gasteiger partial charge in [-0.05, 0) is 51.1 Å². The Labute approximate surface area is 166 Å². The topological polar surface area (TPSA) is 35.8 Å². The lowest BCUT2D eigenvalue weighted by atomic mass is 10.1. The molecule has 0 radical (unpaired) electrons. The molecule has 0 saturated carbocycles. The molecule has 4 nitrogen and oxygen atoms in total. The van der Waals surface area contributed by atoms with Crippen molar-refractivity contribution in [3.8, 4) is 22.7 Å². The summed E-state index contributed by atoms with van der Waals surface area (Å²) in [5.74, 6) is 0.827. The van der Waals surface area contributed by atoms with Gasteiger partial charge in [-0.25, -0.2) is 0 Å². The Kier molecular flexibility index (Phi) is 5.99. The molecule has 0 N–H and O–H groups in total. The molecule has 3 rings (SSSR count). The summed E-state index contributed by atoms with van der Waals surface area (Å²) in [5.41, 5.74) is 7.46. The molecule has 0 aliphatic heterocycles. The van der Waals surface area contributed by atoms with E-state index >= 15 is 0 Å². The van der Waals surface area contributed by atoms with Gasteiger partial charge in [-0.15, -0.1) is 0 Å². The number of benzene rings is 2. The Bertz CT molecular complexity index is 998. The highest BCUT2D eigenvalue weighted by Gasteiger charge is 2.17. The van der Waals surface area contributed by atoms with Gasteiger partial charge >= 0.3 is 0 Å². The molecule has 0 unspecified atom stereocenters. The van der Waals surface area contributed by atoms with E-state index in [1.807, 2.05) is 25.1 Å². The van der Waals surface area contributed by atoms with E-state index in [-0.39, 0.29) is 0 Å². The Balaban J connectivity index is 2.18. The summed E-state index contributed by atoms with van der Waals surface area (Å²) < 4.78 is 7.67. The van der Waals surface area contributed by atoms with Crippen molar-refractivity contribution in [2.45, 2.75) is 20.8 Å². The van der Waals surface area contributed by atoms with E-state index < -0.39 is 0 Å². The highest BCUT2D eigenvalue weighted by Crippen LogP contribution is 2.32. The van der Waals surface area contributed by atoms with Gasteiger partial charge in [0.15, 0.2) is 0 Å². The Morgan fingerprint density at radius 1 is 1.11 bits per heavy atom. The van der Waals surface area contributed by atoms with Crippen LogP contribution in [0, 0.1) is 13.8 Å². The van der Waals surface area contributed by atoms with Gasteiger partial charge < -0.3 is 14.1 Å².